The van der Waals surface area contributed by atoms with Gasteiger partial charge in [-0.15, -0.1) is 0 Å². The van der Waals surface area contributed by atoms with E-state index in [1.165, 1.54) is 0 Å². The molecule has 1 rings (SSSR count). The summed E-state index contributed by atoms with van der Waals surface area (Å²) in [5, 5.41) is 13.0. The van der Waals surface area contributed by atoms with Crippen LogP contribution in [-0.4, -0.2) is 31.0 Å². The fraction of sp³-hybridized carbons (Fsp3) is 0.600. The number of methoxy groups -OCH3 is 1. The van der Waals surface area contributed by atoms with E-state index in [1.807, 2.05) is 18.2 Å². The van der Waals surface area contributed by atoms with Crippen molar-refractivity contribution < 1.29 is 14.6 Å². The number of ether oxygens (including phenoxy) is 2. The van der Waals surface area contributed by atoms with Crippen molar-refractivity contribution in [3.63, 3.8) is 0 Å². The minimum absolute atomic E-state index is 0.482. The summed E-state index contributed by atoms with van der Waals surface area (Å²) in [6, 6.07) is 5.81. The van der Waals surface area contributed by atoms with Crippen LogP contribution in [-0.2, 0) is 6.54 Å². The van der Waals surface area contributed by atoms with Gasteiger partial charge in [-0.1, -0.05) is 13.0 Å². The monoisotopic (exact) mass is 267 g/mol. The van der Waals surface area contributed by atoms with Gasteiger partial charge < -0.3 is 19.9 Å². The van der Waals surface area contributed by atoms with Crippen LogP contribution in [0, 0.1) is 0 Å². The van der Waals surface area contributed by atoms with E-state index in [2.05, 4.69) is 12.2 Å². The molecular weight excluding hydrogens is 242 g/mol. The van der Waals surface area contributed by atoms with Crippen LogP contribution in [0.5, 0.6) is 11.5 Å². The molecule has 0 heterocycles. The molecule has 0 bridgehead atoms. The van der Waals surface area contributed by atoms with Gasteiger partial charge in [0.25, 0.3) is 0 Å². The van der Waals surface area contributed by atoms with Gasteiger partial charge in [-0.3, -0.25) is 0 Å². The van der Waals surface area contributed by atoms with E-state index in [4.69, 9.17) is 9.47 Å². The zero-order chi connectivity index (χ0) is 14.3. The Morgan fingerprint density at radius 1 is 1.32 bits per heavy atom. The third-order valence-corrected chi connectivity index (χ3v) is 2.81. The summed E-state index contributed by atoms with van der Waals surface area (Å²) >= 11 is 0. The van der Waals surface area contributed by atoms with Gasteiger partial charge in [-0.05, 0) is 26.5 Å². The van der Waals surface area contributed by atoms with E-state index < -0.39 is 5.60 Å². The Bertz CT molecular complexity index is 385. The molecule has 0 saturated heterocycles. The fourth-order valence-electron chi connectivity index (χ4n) is 1.61. The number of rotatable bonds is 8. The second-order valence-electron chi connectivity index (χ2n) is 5.16. The minimum atomic E-state index is -0.708. The van der Waals surface area contributed by atoms with Crippen molar-refractivity contribution in [1.29, 1.82) is 0 Å². The van der Waals surface area contributed by atoms with Crippen LogP contribution in [0.3, 0.4) is 0 Å². The van der Waals surface area contributed by atoms with Gasteiger partial charge in [-0.25, -0.2) is 0 Å². The van der Waals surface area contributed by atoms with E-state index in [-0.39, 0.29) is 0 Å². The Morgan fingerprint density at radius 2 is 2.05 bits per heavy atom. The molecule has 1 aromatic carbocycles. The lowest BCUT2D eigenvalue weighted by atomic mass is 10.1. The average Bonchev–Trinajstić information content (AvgIpc) is 2.35. The van der Waals surface area contributed by atoms with Crippen molar-refractivity contribution in [2.24, 2.45) is 0 Å². The average molecular weight is 267 g/mol. The molecule has 0 aliphatic rings. The molecule has 1 aromatic rings. The van der Waals surface area contributed by atoms with Crippen LogP contribution >= 0.6 is 0 Å². The first-order valence-corrected chi connectivity index (χ1v) is 6.69. The summed E-state index contributed by atoms with van der Waals surface area (Å²) in [6.45, 7) is 7.78. The highest BCUT2D eigenvalue weighted by atomic mass is 16.5. The molecular formula is C15H25NO3. The molecule has 0 aliphatic heterocycles. The lowest BCUT2D eigenvalue weighted by Crippen LogP contribution is -2.22. The highest BCUT2D eigenvalue weighted by Gasteiger charge is 2.13. The molecule has 0 spiro atoms. The van der Waals surface area contributed by atoms with Gasteiger partial charge in [0.2, 0.25) is 0 Å². The first-order valence-electron chi connectivity index (χ1n) is 6.69. The largest absolute Gasteiger partial charge is 0.497 e. The van der Waals surface area contributed by atoms with Crippen LogP contribution in [0.25, 0.3) is 0 Å². The molecule has 0 unspecified atom stereocenters. The van der Waals surface area contributed by atoms with Crippen molar-refractivity contribution in [2.45, 2.75) is 39.3 Å². The quantitative estimate of drug-likeness (QED) is 0.759. The number of nitrogens with one attached hydrogen (secondary N) is 1. The SMILES string of the molecule is CCNCc1ccc(OC)cc1OCCC(C)(C)O. The lowest BCUT2D eigenvalue weighted by molar-refractivity contribution is 0.0551. The van der Waals surface area contributed by atoms with E-state index in [1.54, 1.807) is 21.0 Å². The Kier molecular flexibility index (Phi) is 6.12. The molecule has 4 nitrogen and oxygen atoms in total. The zero-order valence-electron chi connectivity index (χ0n) is 12.3. The summed E-state index contributed by atoms with van der Waals surface area (Å²) in [5.41, 5.74) is 0.388. The van der Waals surface area contributed by atoms with Crippen LogP contribution in [0.4, 0.5) is 0 Å². The topological polar surface area (TPSA) is 50.7 Å². The molecule has 0 amide bonds. The predicted octanol–water partition coefficient (Wildman–Crippen LogP) is 2.34. The summed E-state index contributed by atoms with van der Waals surface area (Å²) in [4.78, 5) is 0. The van der Waals surface area contributed by atoms with Gasteiger partial charge in [0.05, 0.1) is 19.3 Å². The molecule has 2 N–H and O–H groups in total. The third kappa shape index (κ3) is 5.94. The maximum atomic E-state index is 9.69. The predicted molar refractivity (Wildman–Crippen MR) is 76.8 cm³/mol. The van der Waals surface area contributed by atoms with Crippen molar-refractivity contribution in [2.75, 3.05) is 20.3 Å². The van der Waals surface area contributed by atoms with Gasteiger partial charge in [0, 0.05) is 24.6 Å². The normalized spacial score (nSPS) is 11.4. The highest BCUT2D eigenvalue weighted by Crippen LogP contribution is 2.25. The lowest BCUT2D eigenvalue weighted by Gasteiger charge is -2.18. The van der Waals surface area contributed by atoms with E-state index >= 15 is 0 Å². The van der Waals surface area contributed by atoms with Crippen molar-refractivity contribution >= 4 is 0 Å². The number of hydrogen-bond acceptors (Lipinski definition) is 4. The van der Waals surface area contributed by atoms with Gasteiger partial charge >= 0.3 is 0 Å². The maximum absolute atomic E-state index is 9.69. The Labute approximate surface area is 115 Å². The molecule has 0 aromatic heterocycles. The molecule has 19 heavy (non-hydrogen) atoms. The molecule has 0 aliphatic carbocycles. The minimum Gasteiger partial charge on any atom is -0.497 e. The molecule has 108 valence electrons. The molecule has 4 heteroatoms. The Balaban J connectivity index is 2.70. The smallest absolute Gasteiger partial charge is 0.127 e. The van der Waals surface area contributed by atoms with E-state index in [0.717, 1.165) is 30.2 Å². The van der Waals surface area contributed by atoms with Gasteiger partial charge in [0.1, 0.15) is 11.5 Å². The summed E-state index contributed by atoms with van der Waals surface area (Å²) in [6.07, 6.45) is 0.588. The van der Waals surface area contributed by atoms with E-state index in [9.17, 15) is 5.11 Å². The third-order valence-electron chi connectivity index (χ3n) is 2.81. The highest BCUT2D eigenvalue weighted by molar-refractivity contribution is 5.40. The van der Waals surface area contributed by atoms with Gasteiger partial charge in [0.15, 0.2) is 0 Å². The van der Waals surface area contributed by atoms with Crippen molar-refractivity contribution in [1.82, 2.24) is 5.32 Å². The zero-order valence-corrected chi connectivity index (χ0v) is 12.3. The van der Waals surface area contributed by atoms with Crippen LogP contribution in [0.15, 0.2) is 18.2 Å². The first kappa shape index (κ1) is 15.8. The Morgan fingerprint density at radius 3 is 2.63 bits per heavy atom. The first-order chi connectivity index (χ1) is 8.96. The van der Waals surface area contributed by atoms with Crippen LogP contribution < -0.4 is 14.8 Å². The number of aliphatic hydroxyl groups is 1. The summed E-state index contributed by atoms with van der Waals surface area (Å²) in [7, 11) is 1.64. The summed E-state index contributed by atoms with van der Waals surface area (Å²) in [5.74, 6) is 1.59. The molecule has 0 saturated carbocycles. The second-order valence-corrected chi connectivity index (χ2v) is 5.16. The molecule has 0 fully saturated rings. The standard InChI is InChI=1S/C15H25NO3/c1-5-16-11-12-6-7-13(18-4)10-14(12)19-9-8-15(2,3)17/h6-7,10,16-17H,5,8-9,11H2,1-4H3. The molecule has 0 radical (unpaired) electrons. The summed E-state index contributed by atoms with van der Waals surface area (Å²) < 4.78 is 11.0. The van der Waals surface area contributed by atoms with Crippen LogP contribution in [0.1, 0.15) is 32.8 Å². The van der Waals surface area contributed by atoms with Gasteiger partial charge in [-0.2, -0.15) is 0 Å². The Hall–Kier alpha value is -1.26. The number of benzene rings is 1. The van der Waals surface area contributed by atoms with E-state index in [0.29, 0.717) is 13.0 Å². The maximum Gasteiger partial charge on any atom is 0.127 e. The number of hydrogen-bond donors (Lipinski definition) is 2. The molecule has 0 atom stereocenters. The second kappa shape index (κ2) is 7.36. The van der Waals surface area contributed by atoms with Crippen LogP contribution in [0.2, 0.25) is 0 Å². The fourth-order valence-corrected chi connectivity index (χ4v) is 1.61. The van der Waals surface area contributed by atoms with Crippen molar-refractivity contribution in [3.8, 4) is 11.5 Å². The van der Waals surface area contributed by atoms with Crippen molar-refractivity contribution in [3.05, 3.63) is 23.8 Å².